The van der Waals surface area contributed by atoms with Crippen molar-refractivity contribution in [3.05, 3.63) is 33.8 Å². The molecule has 1 aromatic carbocycles. The van der Waals surface area contributed by atoms with Crippen LogP contribution in [0.15, 0.2) is 18.2 Å². The molecule has 2 atom stereocenters. The van der Waals surface area contributed by atoms with E-state index < -0.39 is 11.9 Å². The van der Waals surface area contributed by atoms with Crippen molar-refractivity contribution < 1.29 is 9.59 Å². The Morgan fingerprint density at radius 2 is 1.76 bits per heavy atom. The van der Waals surface area contributed by atoms with Crippen LogP contribution in [0.25, 0.3) is 0 Å². The highest BCUT2D eigenvalue weighted by Gasteiger charge is 2.24. The number of rotatable bonds is 2. The third-order valence-electron chi connectivity index (χ3n) is 3.84. The van der Waals surface area contributed by atoms with Gasteiger partial charge in [0, 0.05) is 6.04 Å². The molecular weight excluding hydrogens is 311 g/mol. The van der Waals surface area contributed by atoms with E-state index in [2.05, 4.69) is 17.6 Å². The van der Waals surface area contributed by atoms with Crippen LogP contribution >= 0.6 is 23.2 Å². The Morgan fingerprint density at radius 1 is 1.14 bits per heavy atom. The summed E-state index contributed by atoms with van der Waals surface area (Å²) in [6, 6.07) is 4.36. The van der Waals surface area contributed by atoms with Crippen LogP contribution in [0.3, 0.4) is 0 Å². The van der Waals surface area contributed by atoms with E-state index in [0.717, 1.165) is 19.3 Å². The van der Waals surface area contributed by atoms with E-state index in [0.29, 0.717) is 5.92 Å². The molecule has 2 unspecified atom stereocenters. The zero-order chi connectivity index (χ0) is 15.4. The van der Waals surface area contributed by atoms with Crippen LogP contribution in [0.1, 0.15) is 43.0 Å². The number of amides is 3. The summed E-state index contributed by atoms with van der Waals surface area (Å²) in [5, 5.41) is 5.58. The van der Waals surface area contributed by atoms with Crippen molar-refractivity contribution in [2.24, 2.45) is 5.92 Å². The fraction of sp³-hybridized carbons (Fsp3) is 0.467. The second kappa shape index (κ2) is 7.14. The number of halogens is 2. The lowest BCUT2D eigenvalue weighted by Gasteiger charge is -2.29. The maximum absolute atomic E-state index is 12.1. The fourth-order valence-corrected chi connectivity index (χ4v) is 3.18. The van der Waals surface area contributed by atoms with E-state index in [1.807, 2.05) is 0 Å². The number of carbonyl (C=O) groups is 2. The van der Waals surface area contributed by atoms with Gasteiger partial charge in [-0.3, -0.25) is 10.1 Å². The molecule has 1 aliphatic rings. The average molecular weight is 329 g/mol. The van der Waals surface area contributed by atoms with Gasteiger partial charge in [0.05, 0.1) is 15.6 Å². The van der Waals surface area contributed by atoms with Gasteiger partial charge in [0.15, 0.2) is 0 Å². The molecule has 4 nitrogen and oxygen atoms in total. The van der Waals surface area contributed by atoms with Gasteiger partial charge in [-0.05, 0) is 30.9 Å². The van der Waals surface area contributed by atoms with E-state index in [1.165, 1.54) is 6.42 Å². The molecule has 0 spiro atoms. The third kappa shape index (κ3) is 4.11. The minimum Gasteiger partial charge on any atom is -0.335 e. The Bertz CT molecular complexity index is 528. The SMILES string of the molecule is CC1CCCCC1NC(=O)NC(=O)c1c(Cl)cccc1Cl. The van der Waals surface area contributed by atoms with Gasteiger partial charge in [-0.25, -0.2) is 4.79 Å². The highest BCUT2D eigenvalue weighted by molar-refractivity contribution is 6.40. The molecule has 21 heavy (non-hydrogen) atoms. The Hall–Kier alpha value is -1.26. The molecule has 0 aromatic heterocycles. The Kier molecular flexibility index (Phi) is 5.48. The van der Waals surface area contributed by atoms with Gasteiger partial charge < -0.3 is 5.32 Å². The maximum Gasteiger partial charge on any atom is 0.321 e. The summed E-state index contributed by atoms with van der Waals surface area (Å²) in [6.45, 7) is 2.11. The highest BCUT2D eigenvalue weighted by atomic mass is 35.5. The van der Waals surface area contributed by atoms with Crippen molar-refractivity contribution in [1.29, 1.82) is 0 Å². The van der Waals surface area contributed by atoms with Gasteiger partial charge in [-0.15, -0.1) is 0 Å². The fourth-order valence-electron chi connectivity index (χ4n) is 2.62. The molecule has 1 aliphatic carbocycles. The summed E-state index contributed by atoms with van der Waals surface area (Å²) in [6.07, 6.45) is 4.32. The van der Waals surface area contributed by atoms with E-state index in [1.54, 1.807) is 18.2 Å². The van der Waals surface area contributed by atoms with Gasteiger partial charge >= 0.3 is 6.03 Å². The molecule has 114 valence electrons. The molecule has 1 fully saturated rings. The van der Waals surface area contributed by atoms with E-state index >= 15 is 0 Å². The van der Waals surface area contributed by atoms with Gasteiger partial charge in [0.2, 0.25) is 0 Å². The molecule has 3 amide bonds. The summed E-state index contributed by atoms with van der Waals surface area (Å²) in [5.74, 6) is -0.171. The second-order valence-corrected chi connectivity index (χ2v) is 6.21. The van der Waals surface area contributed by atoms with Crippen LogP contribution in [-0.2, 0) is 0 Å². The molecule has 1 saturated carbocycles. The van der Waals surface area contributed by atoms with Crippen molar-refractivity contribution in [3.63, 3.8) is 0 Å². The van der Waals surface area contributed by atoms with Crippen LogP contribution in [0.5, 0.6) is 0 Å². The lowest BCUT2D eigenvalue weighted by molar-refractivity contribution is 0.0962. The maximum atomic E-state index is 12.1. The molecule has 0 heterocycles. The molecule has 2 rings (SSSR count). The highest BCUT2D eigenvalue weighted by Crippen LogP contribution is 2.25. The zero-order valence-electron chi connectivity index (χ0n) is 11.8. The number of urea groups is 1. The first kappa shape index (κ1) is 16.1. The second-order valence-electron chi connectivity index (χ2n) is 5.39. The summed E-state index contributed by atoms with van der Waals surface area (Å²) in [5.41, 5.74) is 0.118. The summed E-state index contributed by atoms with van der Waals surface area (Å²) in [7, 11) is 0. The monoisotopic (exact) mass is 328 g/mol. The van der Waals surface area contributed by atoms with Gasteiger partial charge in [0.25, 0.3) is 5.91 Å². The van der Waals surface area contributed by atoms with Crippen LogP contribution in [0, 0.1) is 5.92 Å². The van der Waals surface area contributed by atoms with Crippen LogP contribution in [-0.4, -0.2) is 18.0 Å². The van der Waals surface area contributed by atoms with Gasteiger partial charge in [-0.1, -0.05) is 49.0 Å². The number of hydrogen-bond donors (Lipinski definition) is 2. The average Bonchev–Trinajstić information content (AvgIpc) is 2.41. The smallest absolute Gasteiger partial charge is 0.321 e. The molecule has 0 bridgehead atoms. The third-order valence-corrected chi connectivity index (χ3v) is 4.47. The number of hydrogen-bond acceptors (Lipinski definition) is 2. The van der Waals surface area contributed by atoms with Crippen molar-refractivity contribution in [2.45, 2.75) is 38.6 Å². The number of carbonyl (C=O) groups excluding carboxylic acids is 2. The molecule has 0 saturated heterocycles. The van der Waals surface area contributed by atoms with Crippen LogP contribution in [0.4, 0.5) is 4.79 Å². The van der Waals surface area contributed by atoms with Crippen LogP contribution < -0.4 is 10.6 Å². The topological polar surface area (TPSA) is 58.2 Å². The predicted molar refractivity (Wildman–Crippen MR) is 83.9 cm³/mol. The van der Waals surface area contributed by atoms with Crippen molar-refractivity contribution in [1.82, 2.24) is 10.6 Å². The quantitative estimate of drug-likeness (QED) is 0.861. The molecule has 0 aliphatic heterocycles. The molecule has 2 N–H and O–H groups in total. The minimum absolute atomic E-state index is 0.105. The number of imide groups is 1. The lowest BCUT2D eigenvalue weighted by atomic mass is 9.86. The lowest BCUT2D eigenvalue weighted by Crippen LogP contribution is -2.47. The van der Waals surface area contributed by atoms with Crippen molar-refractivity contribution in [2.75, 3.05) is 0 Å². The minimum atomic E-state index is -0.591. The van der Waals surface area contributed by atoms with Crippen LogP contribution in [0.2, 0.25) is 10.0 Å². The molecular formula is C15H18Cl2N2O2. The van der Waals surface area contributed by atoms with E-state index in [9.17, 15) is 9.59 Å². The van der Waals surface area contributed by atoms with Crippen molar-refractivity contribution in [3.8, 4) is 0 Å². The molecule has 1 aromatic rings. The van der Waals surface area contributed by atoms with Gasteiger partial charge in [0.1, 0.15) is 0 Å². The standard InChI is InChI=1S/C15H18Cl2N2O2/c1-9-5-2-3-8-12(9)18-15(21)19-14(20)13-10(16)6-4-7-11(13)17/h4,6-7,9,12H,2-3,5,8H2,1H3,(H2,18,19,20,21). The Labute approximate surface area is 134 Å². The molecule has 0 radical (unpaired) electrons. The summed E-state index contributed by atoms with van der Waals surface area (Å²) in [4.78, 5) is 24.0. The first-order valence-corrected chi connectivity index (χ1v) is 7.80. The largest absolute Gasteiger partial charge is 0.335 e. The molecule has 6 heteroatoms. The van der Waals surface area contributed by atoms with E-state index in [-0.39, 0.29) is 21.7 Å². The first-order valence-electron chi connectivity index (χ1n) is 7.05. The first-order chi connectivity index (χ1) is 9.99. The van der Waals surface area contributed by atoms with Gasteiger partial charge in [-0.2, -0.15) is 0 Å². The van der Waals surface area contributed by atoms with E-state index in [4.69, 9.17) is 23.2 Å². The number of benzene rings is 1. The Morgan fingerprint density at radius 3 is 2.38 bits per heavy atom. The predicted octanol–water partition coefficient (Wildman–Crippen LogP) is 4.01. The zero-order valence-corrected chi connectivity index (χ0v) is 13.3. The summed E-state index contributed by atoms with van der Waals surface area (Å²) >= 11 is 11.9. The number of nitrogens with one attached hydrogen (secondary N) is 2. The van der Waals surface area contributed by atoms with Crippen molar-refractivity contribution >= 4 is 35.1 Å². The summed E-state index contributed by atoms with van der Waals surface area (Å²) < 4.78 is 0. The normalized spacial score (nSPS) is 21.7. The Balaban J connectivity index is 1.97.